The molecule has 560 valence electrons. The van der Waals surface area contributed by atoms with Crippen LogP contribution in [0.5, 0.6) is 0 Å². The van der Waals surface area contributed by atoms with Crippen molar-refractivity contribution in [3.8, 4) is 44.5 Å². The lowest BCUT2D eigenvalue weighted by Gasteiger charge is -2.22. The number of aromatic carboxylic acids is 1. The molecule has 0 unspecified atom stereocenters. The van der Waals surface area contributed by atoms with Crippen molar-refractivity contribution in [2.45, 2.75) is 94.7 Å². The summed E-state index contributed by atoms with van der Waals surface area (Å²) < 4.78 is 21.8. The maximum absolute atomic E-state index is 12.7. The summed E-state index contributed by atoms with van der Waals surface area (Å²) >= 11 is 0. The average Bonchev–Trinajstić information content (AvgIpc) is 1.64. The first-order chi connectivity index (χ1) is 52.8. The van der Waals surface area contributed by atoms with Crippen LogP contribution in [0.1, 0.15) is 136 Å². The minimum atomic E-state index is -1.12. The molecule has 5 aliphatic rings. The Labute approximate surface area is 631 Å². The number of amides is 4. The molecular weight excluding hydrogens is 1380 g/mol. The molecule has 4 amide bonds. The van der Waals surface area contributed by atoms with Crippen LogP contribution in [-0.4, -0.2) is 131 Å². The topological polar surface area (TPSA) is 311 Å². The molecule has 1 heterocycles. The summed E-state index contributed by atoms with van der Waals surface area (Å²) in [5.41, 5.74) is 19.4. The van der Waals surface area contributed by atoms with Crippen LogP contribution in [0.3, 0.4) is 0 Å². The summed E-state index contributed by atoms with van der Waals surface area (Å²) in [6.07, 6.45) is 2.13. The first-order valence-electron chi connectivity index (χ1n) is 36.3. The number of hydrogen-bond acceptors (Lipinski definition) is 13. The van der Waals surface area contributed by atoms with Crippen LogP contribution >= 0.6 is 0 Å². The Kier molecular flexibility index (Phi) is 26.0. The molecule has 1 fully saturated rings. The molecule has 0 saturated carbocycles. The molecule has 0 aromatic heterocycles. The lowest BCUT2D eigenvalue weighted by molar-refractivity contribution is -0.150. The molecule has 21 heteroatoms. The van der Waals surface area contributed by atoms with E-state index in [1.54, 1.807) is 12.1 Å². The van der Waals surface area contributed by atoms with Crippen LogP contribution < -0.4 is 16.0 Å². The summed E-state index contributed by atoms with van der Waals surface area (Å²) in [4.78, 5) is 107. The Bertz CT molecular complexity index is 4640. The van der Waals surface area contributed by atoms with Crippen molar-refractivity contribution in [3.63, 3.8) is 0 Å². The fraction of sp³-hybridized carbons (Fsp3) is 0.261. The van der Waals surface area contributed by atoms with Crippen LogP contribution in [0.2, 0.25) is 0 Å². The molecule has 109 heavy (non-hydrogen) atoms. The maximum Gasteiger partial charge on any atom is 0.407 e. The Morgan fingerprint density at radius 3 is 1.13 bits per heavy atom. The molecule has 1 saturated heterocycles. The molecule has 14 rings (SSSR count). The number of likely N-dealkylation sites (tertiary alicyclic amines) is 1. The van der Waals surface area contributed by atoms with E-state index in [4.69, 9.17) is 34.3 Å². The van der Waals surface area contributed by atoms with Gasteiger partial charge in [-0.25, -0.2) is 28.8 Å². The predicted molar refractivity (Wildman–Crippen MR) is 410 cm³/mol. The number of carbonyl (C=O) groups is 9. The average molecular weight is 1470 g/mol. The summed E-state index contributed by atoms with van der Waals surface area (Å²) in [6, 6.07) is 69.2. The molecule has 9 aromatic carbocycles. The fourth-order valence-electron chi connectivity index (χ4n) is 14.8. The second-order valence-corrected chi connectivity index (χ2v) is 27.5. The molecule has 1 aliphatic heterocycles. The summed E-state index contributed by atoms with van der Waals surface area (Å²) in [6.45, 7) is 8.51. The number of esters is 1. The van der Waals surface area contributed by atoms with Crippen molar-refractivity contribution < 1.29 is 82.5 Å². The van der Waals surface area contributed by atoms with E-state index in [0.29, 0.717) is 19.4 Å². The van der Waals surface area contributed by atoms with Crippen molar-refractivity contribution >= 4 is 54.0 Å². The monoisotopic (exact) mass is 1470 g/mol. The Morgan fingerprint density at radius 2 is 0.798 bits per heavy atom. The van der Waals surface area contributed by atoms with E-state index in [9.17, 15) is 48.3 Å². The number of aliphatic carboxylic acids is 3. The molecule has 0 bridgehead atoms. The molecule has 0 radical (unpaired) electrons. The van der Waals surface area contributed by atoms with Gasteiger partial charge in [-0.3, -0.25) is 14.4 Å². The lowest BCUT2D eigenvalue weighted by atomic mass is 9.97. The van der Waals surface area contributed by atoms with Gasteiger partial charge in [0.05, 0.1) is 12.0 Å². The molecule has 0 spiro atoms. The lowest BCUT2D eigenvalue weighted by Crippen LogP contribution is -2.42. The second-order valence-electron chi connectivity index (χ2n) is 27.5. The third kappa shape index (κ3) is 19.1. The van der Waals surface area contributed by atoms with Crippen molar-refractivity contribution in [1.82, 2.24) is 20.9 Å². The standard InChI is InChI=1S/C24H25NO5.C23H19NO4.C21H23NO4.C20H19NO4/c26-22(27)14-25-12-6-5-7-16(24(25)29)13-23(28)30-15-21-19-10-3-1-8-17(19)18-9-2-4-11-20(18)21;25-22(26)16-11-9-15(10-12-16)13-24-23(27)28-14-21-19-7-3-1-5-17(19)18-6-2-4-8-20(18)21;1-13(2)11-19(20(23)24)22-21(25)26-12-18-16-9-5-3-7-14(16)15-8-4-6-10-17(15)18;1-2-7-18(19(22)23)21-20(24)25-12-17-15-10-5-3-8-13(15)14-9-4-6-11-16(14)17/h1-4,8-11,16,21H,5-7,12-15H2,(H,26,27);1-12,21H,13-14H2,(H,24,27)(H,25,26);3-10,13,18-19H,11-12H2,1-2H3,(H,22,25)(H,23,24);2-6,8-11,17-18H,1,7,12H2,(H,21,24)(H,22,23)/t16-;;19-;18-/m1.11/s1. The van der Waals surface area contributed by atoms with E-state index in [1.165, 1.54) is 45.4 Å². The van der Waals surface area contributed by atoms with Gasteiger partial charge in [-0.05, 0) is 138 Å². The molecule has 3 atom stereocenters. The van der Waals surface area contributed by atoms with Crippen LogP contribution in [-0.2, 0) is 49.5 Å². The van der Waals surface area contributed by atoms with Gasteiger partial charge < -0.3 is 60.2 Å². The number of rotatable bonds is 23. The Hall–Kier alpha value is -12.7. The van der Waals surface area contributed by atoms with Crippen molar-refractivity contribution in [1.29, 1.82) is 0 Å². The van der Waals surface area contributed by atoms with Gasteiger partial charge >= 0.3 is 48.1 Å². The van der Waals surface area contributed by atoms with Gasteiger partial charge in [-0.15, -0.1) is 6.58 Å². The minimum absolute atomic E-state index is 0.00896. The number of nitrogens with zero attached hydrogens (tertiary/aromatic N) is 1. The minimum Gasteiger partial charge on any atom is -0.480 e. The third-order valence-corrected chi connectivity index (χ3v) is 20.0. The van der Waals surface area contributed by atoms with Gasteiger partial charge in [0.2, 0.25) is 5.91 Å². The quantitative estimate of drug-likeness (QED) is 0.0178. The Morgan fingerprint density at radius 1 is 0.459 bits per heavy atom. The first-order valence-corrected chi connectivity index (χ1v) is 36.3. The van der Waals surface area contributed by atoms with Gasteiger partial charge in [0.1, 0.15) is 45.1 Å². The number of alkyl carbamates (subject to hydrolysis) is 3. The van der Waals surface area contributed by atoms with E-state index < -0.39 is 66.1 Å². The summed E-state index contributed by atoms with van der Waals surface area (Å²) in [5, 5.41) is 43.8. The third-order valence-electron chi connectivity index (χ3n) is 20.0. The largest absolute Gasteiger partial charge is 0.480 e. The summed E-state index contributed by atoms with van der Waals surface area (Å²) in [5.74, 6) is -5.30. The molecule has 21 nitrogen and oxygen atoms in total. The zero-order valence-corrected chi connectivity index (χ0v) is 60.4. The first kappa shape index (κ1) is 77.4. The highest BCUT2D eigenvalue weighted by molar-refractivity contribution is 5.89. The zero-order chi connectivity index (χ0) is 77.1. The number of benzene rings is 9. The van der Waals surface area contributed by atoms with Crippen LogP contribution in [0, 0.1) is 11.8 Å². The van der Waals surface area contributed by atoms with E-state index >= 15 is 0 Å². The smallest absolute Gasteiger partial charge is 0.407 e. The van der Waals surface area contributed by atoms with Crippen LogP contribution in [0.25, 0.3) is 44.5 Å². The molecule has 4 aliphatic carbocycles. The van der Waals surface area contributed by atoms with E-state index in [2.05, 4.69) is 95.3 Å². The number of hydrogen-bond donors (Lipinski definition) is 7. The van der Waals surface area contributed by atoms with Gasteiger partial charge in [0.25, 0.3) is 0 Å². The highest BCUT2D eigenvalue weighted by atomic mass is 16.6. The number of nitrogens with one attached hydrogen (secondary N) is 3. The maximum atomic E-state index is 12.7. The SMILES string of the molecule is C=CC[C@@H](NC(=O)OCC1c2ccccc2-c2ccccc21)C(=O)O.CC(C)C[C@@H](NC(=O)OCC1c2ccccc2-c2ccccc21)C(=O)O.O=C(NCc1ccc(C(=O)O)cc1)OCC1c2ccccc2-c2ccccc21.O=C(O)CN1CCCC[C@H](CC(=O)OCC2c3ccccc3-c3ccccc32)C1=O. The number of carboxylic acids is 4. The predicted octanol–water partition coefficient (Wildman–Crippen LogP) is 15.4. The molecule has 7 N–H and O–H groups in total. The fourth-order valence-corrected chi connectivity index (χ4v) is 14.8. The zero-order valence-electron chi connectivity index (χ0n) is 60.4. The van der Waals surface area contributed by atoms with Crippen LogP contribution in [0.4, 0.5) is 14.4 Å². The number of carbonyl (C=O) groups excluding carboxylic acids is 5. The highest BCUT2D eigenvalue weighted by Gasteiger charge is 2.36. The van der Waals surface area contributed by atoms with E-state index in [1.807, 2.05) is 135 Å². The van der Waals surface area contributed by atoms with E-state index in [0.717, 1.165) is 85.2 Å². The summed E-state index contributed by atoms with van der Waals surface area (Å²) in [7, 11) is 0. The van der Waals surface area contributed by atoms with Gasteiger partial charge in [0.15, 0.2) is 0 Å². The second kappa shape index (κ2) is 36.6. The van der Waals surface area contributed by atoms with Gasteiger partial charge in [-0.2, -0.15) is 0 Å². The van der Waals surface area contributed by atoms with Crippen molar-refractivity contribution in [2.75, 3.05) is 39.5 Å². The normalized spacial score (nSPS) is 14.6. The molecule has 9 aromatic rings. The van der Waals surface area contributed by atoms with Crippen molar-refractivity contribution in [2.24, 2.45) is 11.8 Å². The van der Waals surface area contributed by atoms with Gasteiger partial charge in [0, 0.05) is 42.7 Å². The number of carboxylic acid groups (broad SMARTS) is 4. The van der Waals surface area contributed by atoms with Crippen LogP contribution in [0.15, 0.2) is 231 Å². The van der Waals surface area contributed by atoms with Crippen molar-refractivity contribution in [3.05, 3.63) is 287 Å². The number of ether oxygens (including phenoxy) is 4. The van der Waals surface area contributed by atoms with Gasteiger partial charge in [-0.1, -0.05) is 233 Å². The molecular formula is C88H86N4O17. The number of fused-ring (bicyclic) bond motifs is 12. The highest BCUT2D eigenvalue weighted by Crippen LogP contribution is 2.48. The Balaban J connectivity index is 0.000000145. The van der Waals surface area contributed by atoms with E-state index in [-0.39, 0.29) is 93.4 Å².